The lowest BCUT2D eigenvalue weighted by Crippen LogP contribution is -1.77. The fourth-order valence-corrected chi connectivity index (χ4v) is 0.832. The molecule has 12 heavy (non-hydrogen) atoms. The van der Waals surface area contributed by atoms with Crippen LogP contribution in [0.4, 0.5) is 0 Å². The molecule has 0 aliphatic carbocycles. The van der Waals surface area contributed by atoms with E-state index in [2.05, 4.69) is 20.4 Å². The second-order valence-corrected chi connectivity index (χ2v) is 2.25. The van der Waals surface area contributed by atoms with Crippen LogP contribution in [-0.2, 0) is 0 Å². The minimum absolute atomic E-state index is 1.22. The van der Waals surface area contributed by atoms with Gasteiger partial charge in [0.25, 0.3) is 0 Å². The molecular weight excluding hydrogens is 144 g/mol. The third-order valence-electron chi connectivity index (χ3n) is 1.21. The van der Waals surface area contributed by atoms with E-state index in [4.69, 9.17) is 0 Å². The molecule has 0 saturated heterocycles. The molecule has 0 spiro atoms. The maximum absolute atomic E-state index is 3.93. The monoisotopic (exact) mass is 172 g/mol. The first-order valence-corrected chi connectivity index (χ1v) is 5.47. The largest absolute Gasteiger partial charge is 0.0999 e. The molecule has 0 heterocycles. The average molecular weight is 172 g/mol. The van der Waals surface area contributed by atoms with Crippen molar-refractivity contribution in [2.75, 3.05) is 0 Å². The van der Waals surface area contributed by atoms with Crippen molar-refractivity contribution in [3.05, 3.63) is 12.2 Å². The van der Waals surface area contributed by atoms with Crippen molar-refractivity contribution in [2.45, 2.75) is 67.2 Å². The van der Waals surface area contributed by atoms with Crippen LogP contribution >= 0.6 is 0 Å². The smallest absolute Gasteiger partial charge is 0.0326 e. The van der Waals surface area contributed by atoms with E-state index >= 15 is 0 Å². The third kappa shape index (κ3) is 22.6. The molecule has 0 amide bonds. The Morgan fingerprint density at radius 1 is 0.833 bits per heavy atom. The Morgan fingerprint density at radius 3 is 1.25 bits per heavy atom. The Labute approximate surface area is 80.1 Å². The second-order valence-electron chi connectivity index (χ2n) is 2.25. The quantitative estimate of drug-likeness (QED) is 0.512. The zero-order chi connectivity index (χ0) is 10.4. The van der Waals surface area contributed by atoms with Crippen LogP contribution in [0.5, 0.6) is 0 Å². The molecule has 0 fully saturated rings. The Kier molecular flexibility index (Phi) is 33.1. The van der Waals surface area contributed by atoms with Gasteiger partial charge in [-0.3, -0.25) is 0 Å². The molecule has 0 aromatic carbocycles. The fraction of sp³-hybridized carbons (Fsp3) is 0.833. The summed E-state index contributed by atoms with van der Waals surface area (Å²) < 4.78 is 0. The van der Waals surface area contributed by atoms with Gasteiger partial charge in [0.15, 0.2) is 0 Å². The highest BCUT2D eigenvalue weighted by molar-refractivity contribution is 4.92. The number of hydrogen-bond donors (Lipinski definition) is 0. The Balaban J connectivity index is -0.000000175. The van der Waals surface area contributed by atoms with Crippen LogP contribution in [0.3, 0.4) is 0 Å². The number of rotatable bonds is 4. The molecule has 0 aromatic rings. The second kappa shape index (κ2) is 22.4. The van der Waals surface area contributed by atoms with E-state index in [-0.39, 0.29) is 0 Å². The molecule has 0 rings (SSSR count). The van der Waals surface area contributed by atoms with Gasteiger partial charge in [-0.25, -0.2) is 0 Å². The minimum atomic E-state index is 1.22. The highest BCUT2D eigenvalue weighted by atomic mass is 13.9. The van der Waals surface area contributed by atoms with Crippen LogP contribution in [0.1, 0.15) is 67.2 Å². The van der Waals surface area contributed by atoms with Gasteiger partial charge in [-0.05, 0) is 12.8 Å². The van der Waals surface area contributed by atoms with Gasteiger partial charge in [-0.2, -0.15) is 0 Å². The van der Waals surface area contributed by atoms with Gasteiger partial charge in [0.05, 0.1) is 0 Å². The molecule has 0 aromatic heterocycles. The van der Waals surface area contributed by atoms with E-state index in [1.54, 1.807) is 0 Å². The van der Waals surface area contributed by atoms with Crippen LogP contribution in [0.25, 0.3) is 0 Å². The van der Waals surface area contributed by atoms with Crippen LogP contribution < -0.4 is 0 Å². The van der Waals surface area contributed by atoms with Gasteiger partial charge in [-0.15, -0.1) is 0 Å². The first-order valence-electron chi connectivity index (χ1n) is 5.47. The Hall–Kier alpha value is -0.260. The van der Waals surface area contributed by atoms with Crippen LogP contribution in [0.2, 0.25) is 0 Å². The molecule has 0 unspecified atom stereocenters. The number of allylic oxidation sites excluding steroid dienone is 1. The standard InChI is InChI=1S/C8H16.2C2H6/c1-4-6-8(3)7-5-2;2*1-2/h3-7H2,1-2H3;2*1-2H3. The van der Waals surface area contributed by atoms with Crippen molar-refractivity contribution >= 4 is 0 Å². The van der Waals surface area contributed by atoms with E-state index in [1.165, 1.54) is 31.3 Å². The van der Waals surface area contributed by atoms with Crippen molar-refractivity contribution in [2.24, 2.45) is 0 Å². The lowest BCUT2D eigenvalue weighted by atomic mass is 10.1. The lowest BCUT2D eigenvalue weighted by molar-refractivity contribution is 0.807. The first kappa shape index (κ1) is 17.7. The van der Waals surface area contributed by atoms with E-state index in [1.807, 2.05) is 27.7 Å². The summed E-state index contributed by atoms with van der Waals surface area (Å²) in [5.41, 5.74) is 1.41. The first-order chi connectivity index (χ1) is 5.81. The maximum atomic E-state index is 3.93. The highest BCUT2D eigenvalue weighted by Gasteiger charge is 1.87. The molecule has 0 heteroatoms. The summed E-state index contributed by atoms with van der Waals surface area (Å²) in [7, 11) is 0. The van der Waals surface area contributed by atoms with Crippen molar-refractivity contribution in [1.82, 2.24) is 0 Å². The molecule has 0 aliphatic heterocycles. The van der Waals surface area contributed by atoms with Crippen molar-refractivity contribution in [1.29, 1.82) is 0 Å². The molecule has 0 nitrogen and oxygen atoms in total. The van der Waals surface area contributed by atoms with Crippen LogP contribution in [-0.4, -0.2) is 0 Å². The van der Waals surface area contributed by atoms with E-state index in [0.717, 1.165) is 0 Å². The SMILES string of the molecule is C=C(CCC)CCC.CC.CC. The summed E-state index contributed by atoms with van der Waals surface area (Å²) in [4.78, 5) is 0. The van der Waals surface area contributed by atoms with Gasteiger partial charge in [0.2, 0.25) is 0 Å². The summed E-state index contributed by atoms with van der Waals surface area (Å²) in [5.74, 6) is 0. The predicted octanol–water partition coefficient (Wildman–Crippen LogP) is 5.20. The molecule has 0 atom stereocenters. The van der Waals surface area contributed by atoms with Gasteiger partial charge in [0.1, 0.15) is 0 Å². The zero-order valence-corrected chi connectivity index (χ0v) is 10.0. The number of hydrogen-bond acceptors (Lipinski definition) is 0. The molecule has 76 valence electrons. The zero-order valence-electron chi connectivity index (χ0n) is 10.0. The molecule has 0 bridgehead atoms. The molecular formula is C12H28. The van der Waals surface area contributed by atoms with Gasteiger partial charge in [-0.1, -0.05) is 66.5 Å². The normalized spacial score (nSPS) is 7.17. The van der Waals surface area contributed by atoms with Crippen molar-refractivity contribution in [3.63, 3.8) is 0 Å². The average Bonchev–Trinajstić information content (AvgIpc) is 2.12. The summed E-state index contributed by atoms with van der Waals surface area (Å²) in [5, 5.41) is 0. The highest BCUT2D eigenvalue weighted by Crippen LogP contribution is 2.07. The summed E-state index contributed by atoms with van der Waals surface area (Å²) >= 11 is 0. The third-order valence-corrected chi connectivity index (χ3v) is 1.21. The predicted molar refractivity (Wildman–Crippen MR) is 61.7 cm³/mol. The van der Waals surface area contributed by atoms with Crippen molar-refractivity contribution in [3.8, 4) is 0 Å². The lowest BCUT2D eigenvalue weighted by Gasteiger charge is -1.97. The molecule has 0 aliphatic rings. The fourth-order valence-electron chi connectivity index (χ4n) is 0.832. The van der Waals surface area contributed by atoms with Gasteiger partial charge in [0, 0.05) is 0 Å². The molecule has 0 saturated carbocycles. The van der Waals surface area contributed by atoms with Crippen LogP contribution in [0, 0.1) is 0 Å². The topological polar surface area (TPSA) is 0 Å². The van der Waals surface area contributed by atoms with Gasteiger partial charge < -0.3 is 0 Å². The summed E-state index contributed by atoms with van der Waals surface area (Å²) in [6, 6.07) is 0. The molecule has 0 N–H and O–H groups in total. The van der Waals surface area contributed by atoms with Crippen LogP contribution in [0.15, 0.2) is 12.2 Å². The van der Waals surface area contributed by atoms with E-state index < -0.39 is 0 Å². The maximum Gasteiger partial charge on any atom is -0.0326 e. The van der Waals surface area contributed by atoms with E-state index in [9.17, 15) is 0 Å². The summed E-state index contributed by atoms with van der Waals surface area (Å²) in [6.45, 7) is 16.3. The van der Waals surface area contributed by atoms with Gasteiger partial charge >= 0.3 is 0 Å². The Morgan fingerprint density at radius 2 is 1.08 bits per heavy atom. The molecule has 0 radical (unpaired) electrons. The summed E-state index contributed by atoms with van der Waals surface area (Å²) in [6.07, 6.45) is 4.93. The van der Waals surface area contributed by atoms with Crippen molar-refractivity contribution < 1.29 is 0 Å². The Bertz CT molecular complexity index is 54.4. The minimum Gasteiger partial charge on any atom is -0.0999 e. The van der Waals surface area contributed by atoms with E-state index in [0.29, 0.717) is 0 Å².